The van der Waals surface area contributed by atoms with Crippen LogP contribution in [0.15, 0.2) is 0 Å². The summed E-state index contributed by atoms with van der Waals surface area (Å²) in [6.07, 6.45) is 14.2. The van der Waals surface area contributed by atoms with Crippen molar-refractivity contribution in [1.82, 2.24) is 0 Å². The van der Waals surface area contributed by atoms with Gasteiger partial charge in [0.1, 0.15) is 0 Å². The fraction of sp³-hybridized carbons (Fsp3) is 1.00. The fourth-order valence-corrected chi connectivity index (χ4v) is 4.46. The van der Waals surface area contributed by atoms with Gasteiger partial charge in [-0.05, 0) is 57.3 Å². The van der Waals surface area contributed by atoms with E-state index >= 15 is 0 Å². The van der Waals surface area contributed by atoms with Crippen LogP contribution in [0, 0.1) is 5.92 Å². The van der Waals surface area contributed by atoms with E-state index in [1.807, 2.05) is 0 Å². The summed E-state index contributed by atoms with van der Waals surface area (Å²) in [6.45, 7) is 1.86. The van der Waals surface area contributed by atoms with Crippen molar-refractivity contribution in [3.63, 3.8) is 0 Å². The summed E-state index contributed by atoms with van der Waals surface area (Å²) in [5.74, 6) is 0.646. The second-order valence-corrected chi connectivity index (χ2v) is 7.23. The molecule has 3 aliphatic rings. The molecule has 2 N–H and O–H groups in total. The molecule has 1 saturated carbocycles. The number of hydrogen-bond acceptors (Lipinski definition) is 3. The van der Waals surface area contributed by atoms with Crippen LogP contribution < -0.4 is 5.73 Å². The Morgan fingerprint density at radius 3 is 2.60 bits per heavy atom. The molecule has 0 aromatic rings. The van der Waals surface area contributed by atoms with Crippen molar-refractivity contribution in [3.8, 4) is 0 Å². The maximum absolute atomic E-state index is 6.53. The first kappa shape index (κ1) is 14.8. The molecule has 3 fully saturated rings. The number of ether oxygens (including phenoxy) is 2. The second kappa shape index (κ2) is 6.76. The molecule has 3 unspecified atom stereocenters. The van der Waals surface area contributed by atoms with Crippen molar-refractivity contribution in [2.75, 3.05) is 13.2 Å². The first-order valence-electron chi connectivity index (χ1n) is 8.79. The van der Waals surface area contributed by atoms with Crippen LogP contribution in [0.3, 0.4) is 0 Å². The Hall–Kier alpha value is -0.120. The van der Waals surface area contributed by atoms with E-state index in [-0.39, 0.29) is 5.60 Å². The third-order valence-corrected chi connectivity index (χ3v) is 5.71. The average Bonchev–Trinajstić information content (AvgIpc) is 2.49. The van der Waals surface area contributed by atoms with E-state index in [2.05, 4.69) is 0 Å². The monoisotopic (exact) mass is 281 g/mol. The second-order valence-electron chi connectivity index (χ2n) is 7.23. The van der Waals surface area contributed by atoms with Crippen LogP contribution in [-0.2, 0) is 9.47 Å². The molecule has 3 nitrogen and oxygen atoms in total. The Balaban J connectivity index is 1.52. The summed E-state index contributed by atoms with van der Waals surface area (Å²) in [6, 6.07) is 0.306. The van der Waals surface area contributed by atoms with E-state index in [0.29, 0.717) is 18.1 Å². The Kier molecular flexibility index (Phi) is 5.00. The lowest BCUT2D eigenvalue weighted by atomic mass is 9.73. The van der Waals surface area contributed by atoms with Gasteiger partial charge in [-0.3, -0.25) is 0 Å². The number of nitrogens with two attached hydrogens (primary N) is 1. The summed E-state index contributed by atoms with van der Waals surface area (Å²) < 4.78 is 12.1. The largest absolute Gasteiger partial charge is 0.378 e. The third-order valence-electron chi connectivity index (χ3n) is 5.71. The Morgan fingerprint density at radius 2 is 1.85 bits per heavy atom. The molecule has 2 aliphatic heterocycles. The van der Waals surface area contributed by atoms with E-state index in [1.165, 1.54) is 57.8 Å². The Labute approximate surface area is 123 Å². The molecule has 0 amide bonds. The fourth-order valence-electron chi connectivity index (χ4n) is 4.46. The quantitative estimate of drug-likeness (QED) is 0.862. The topological polar surface area (TPSA) is 44.5 Å². The third kappa shape index (κ3) is 3.55. The highest BCUT2D eigenvalue weighted by atomic mass is 16.5. The van der Waals surface area contributed by atoms with Gasteiger partial charge in [-0.25, -0.2) is 0 Å². The molecular weight excluding hydrogens is 250 g/mol. The van der Waals surface area contributed by atoms with Gasteiger partial charge in [0.2, 0.25) is 0 Å². The first-order chi connectivity index (χ1) is 9.77. The Morgan fingerprint density at radius 1 is 1.00 bits per heavy atom. The molecular formula is C17H31NO2. The highest BCUT2D eigenvalue weighted by Gasteiger charge is 2.40. The van der Waals surface area contributed by atoms with Crippen molar-refractivity contribution < 1.29 is 9.47 Å². The van der Waals surface area contributed by atoms with Gasteiger partial charge in [0.05, 0.1) is 11.7 Å². The average molecular weight is 281 g/mol. The van der Waals surface area contributed by atoms with Gasteiger partial charge in [0.15, 0.2) is 0 Å². The number of hydrogen-bond donors (Lipinski definition) is 1. The zero-order valence-electron chi connectivity index (χ0n) is 12.8. The van der Waals surface area contributed by atoms with E-state index in [9.17, 15) is 0 Å². The molecule has 116 valence electrons. The highest BCUT2D eigenvalue weighted by molar-refractivity contribution is 4.93. The molecule has 0 aromatic heterocycles. The molecule has 0 radical (unpaired) electrons. The van der Waals surface area contributed by atoms with Crippen LogP contribution in [0.1, 0.15) is 70.6 Å². The Bertz CT molecular complexity index is 290. The minimum Gasteiger partial charge on any atom is -0.378 e. The van der Waals surface area contributed by atoms with Crippen molar-refractivity contribution >= 4 is 0 Å². The lowest BCUT2D eigenvalue weighted by Gasteiger charge is -2.45. The summed E-state index contributed by atoms with van der Waals surface area (Å²) in [5, 5.41) is 0. The summed E-state index contributed by atoms with van der Waals surface area (Å²) in [5.41, 5.74) is 6.72. The molecule has 2 saturated heterocycles. The molecule has 1 aliphatic carbocycles. The van der Waals surface area contributed by atoms with Crippen LogP contribution in [0.5, 0.6) is 0 Å². The van der Waals surface area contributed by atoms with E-state index in [4.69, 9.17) is 15.2 Å². The minimum absolute atomic E-state index is 0.187. The van der Waals surface area contributed by atoms with Gasteiger partial charge in [0, 0.05) is 19.3 Å². The van der Waals surface area contributed by atoms with Crippen LogP contribution >= 0.6 is 0 Å². The van der Waals surface area contributed by atoms with Gasteiger partial charge in [-0.2, -0.15) is 0 Å². The molecule has 0 aromatic carbocycles. The van der Waals surface area contributed by atoms with Crippen LogP contribution in [0.25, 0.3) is 0 Å². The van der Waals surface area contributed by atoms with Crippen molar-refractivity contribution in [1.29, 1.82) is 0 Å². The SMILES string of the molecule is NC(CC1CCCCO1)C1CCOC2(CCCCC2)C1. The lowest BCUT2D eigenvalue weighted by Crippen LogP contribution is -2.47. The normalized spacial score (nSPS) is 35.9. The summed E-state index contributed by atoms with van der Waals surface area (Å²) >= 11 is 0. The van der Waals surface area contributed by atoms with Crippen LogP contribution in [0.2, 0.25) is 0 Å². The predicted octanol–water partition coefficient (Wildman–Crippen LogP) is 3.40. The number of rotatable bonds is 3. The maximum Gasteiger partial charge on any atom is 0.0685 e. The molecule has 1 spiro atoms. The maximum atomic E-state index is 6.53. The van der Waals surface area contributed by atoms with Crippen molar-refractivity contribution in [2.24, 2.45) is 11.7 Å². The summed E-state index contributed by atoms with van der Waals surface area (Å²) in [4.78, 5) is 0. The predicted molar refractivity (Wildman–Crippen MR) is 80.7 cm³/mol. The zero-order valence-corrected chi connectivity index (χ0v) is 12.8. The van der Waals surface area contributed by atoms with Crippen molar-refractivity contribution in [3.05, 3.63) is 0 Å². The van der Waals surface area contributed by atoms with E-state index in [0.717, 1.165) is 26.1 Å². The standard InChI is InChI=1S/C17H31NO2/c18-16(12-15-6-2-5-10-19-15)14-7-11-20-17(13-14)8-3-1-4-9-17/h14-16H,1-13,18H2. The van der Waals surface area contributed by atoms with Gasteiger partial charge < -0.3 is 15.2 Å². The summed E-state index contributed by atoms with van der Waals surface area (Å²) in [7, 11) is 0. The van der Waals surface area contributed by atoms with Gasteiger partial charge in [-0.1, -0.05) is 19.3 Å². The molecule has 20 heavy (non-hydrogen) atoms. The minimum atomic E-state index is 0.187. The van der Waals surface area contributed by atoms with E-state index < -0.39 is 0 Å². The van der Waals surface area contributed by atoms with Gasteiger partial charge in [-0.15, -0.1) is 0 Å². The van der Waals surface area contributed by atoms with Crippen LogP contribution in [0.4, 0.5) is 0 Å². The van der Waals surface area contributed by atoms with Gasteiger partial charge >= 0.3 is 0 Å². The molecule has 3 heteroatoms. The zero-order chi connectivity index (χ0) is 13.8. The molecule has 0 bridgehead atoms. The molecule has 3 rings (SSSR count). The smallest absolute Gasteiger partial charge is 0.0685 e. The first-order valence-corrected chi connectivity index (χ1v) is 8.79. The van der Waals surface area contributed by atoms with Crippen LogP contribution in [-0.4, -0.2) is 31.0 Å². The molecule has 2 heterocycles. The highest BCUT2D eigenvalue weighted by Crippen LogP contribution is 2.41. The van der Waals surface area contributed by atoms with Crippen molar-refractivity contribution in [2.45, 2.75) is 88.4 Å². The van der Waals surface area contributed by atoms with Gasteiger partial charge in [0.25, 0.3) is 0 Å². The van der Waals surface area contributed by atoms with E-state index in [1.54, 1.807) is 0 Å². The molecule has 3 atom stereocenters. The lowest BCUT2D eigenvalue weighted by molar-refractivity contribution is -0.122.